The summed E-state index contributed by atoms with van der Waals surface area (Å²) in [4.78, 5) is 44.8. The molecule has 4 aromatic carbocycles. The monoisotopic (exact) mass is 594 g/mol. The van der Waals surface area contributed by atoms with Crippen LogP contribution in [0.3, 0.4) is 0 Å². The van der Waals surface area contributed by atoms with Crippen molar-refractivity contribution in [1.29, 1.82) is 0 Å². The van der Waals surface area contributed by atoms with Crippen molar-refractivity contribution < 1.29 is 18.3 Å². The van der Waals surface area contributed by atoms with Gasteiger partial charge in [0.25, 0.3) is 5.91 Å². The molecule has 2 aromatic heterocycles. The minimum Gasteiger partial charge on any atom is -0.451 e. The van der Waals surface area contributed by atoms with Crippen molar-refractivity contribution >= 4 is 60.7 Å². The fourth-order valence-corrected chi connectivity index (χ4v) is 7.04. The second kappa shape index (κ2) is 10.3. The van der Waals surface area contributed by atoms with Crippen LogP contribution in [0.15, 0.2) is 62.7 Å². The number of carbonyl (C=O) groups excluding carboxylic acids is 1. The lowest BCUT2D eigenvalue weighted by molar-refractivity contribution is 0.0302. The molecule has 2 fully saturated rings. The van der Waals surface area contributed by atoms with E-state index in [2.05, 4.69) is 17.1 Å². The largest absolute Gasteiger partial charge is 0.451 e. The molecule has 4 heterocycles. The van der Waals surface area contributed by atoms with Crippen molar-refractivity contribution in [3.63, 3.8) is 0 Å². The van der Waals surface area contributed by atoms with E-state index >= 15 is 4.39 Å². The Balaban J connectivity index is 1.39. The summed E-state index contributed by atoms with van der Waals surface area (Å²) in [6.45, 7) is 5.89. The van der Waals surface area contributed by atoms with Gasteiger partial charge in [-0.15, -0.1) is 0 Å². The number of morpholine rings is 1. The number of benzene rings is 3. The average molecular weight is 595 g/mol. The maximum absolute atomic E-state index is 15.9. The van der Waals surface area contributed by atoms with Crippen molar-refractivity contribution in [2.24, 2.45) is 0 Å². The van der Waals surface area contributed by atoms with E-state index < -0.39 is 17.2 Å². The van der Waals surface area contributed by atoms with Crippen LogP contribution in [0.5, 0.6) is 0 Å². The number of rotatable bonds is 5. The van der Waals surface area contributed by atoms with E-state index in [4.69, 9.17) is 9.15 Å². The van der Waals surface area contributed by atoms with Gasteiger partial charge < -0.3 is 23.8 Å². The summed E-state index contributed by atoms with van der Waals surface area (Å²) < 4.78 is 29.5. The molecule has 2 saturated heterocycles. The summed E-state index contributed by atoms with van der Waals surface area (Å²) in [7, 11) is 0. The van der Waals surface area contributed by atoms with Crippen LogP contribution in [0.1, 0.15) is 30.1 Å². The van der Waals surface area contributed by atoms with Crippen LogP contribution < -0.4 is 16.2 Å². The minimum absolute atomic E-state index is 0.0537. The van der Waals surface area contributed by atoms with E-state index in [1.165, 1.54) is 12.3 Å². The van der Waals surface area contributed by atoms with Gasteiger partial charge in [-0.25, -0.2) is 4.39 Å². The molecule has 0 radical (unpaired) electrons. The number of nitrogens with one attached hydrogen (secondary N) is 1. The van der Waals surface area contributed by atoms with Gasteiger partial charge in [0.15, 0.2) is 22.4 Å². The number of carbonyl (C=O) groups is 1. The van der Waals surface area contributed by atoms with Crippen LogP contribution in [0.4, 0.5) is 10.1 Å². The van der Waals surface area contributed by atoms with Gasteiger partial charge >= 0.3 is 0 Å². The molecule has 44 heavy (non-hydrogen) atoms. The number of amides is 1. The number of anilines is 1. The maximum Gasteiger partial charge on any atom is 0.259 e. The fourth-order valence-electron chi connectivity index (χ4n) is 7.04. The Labute approximate surface area is 250 Å². The summed E-state index contributed by atoms with van der Waals surface area (Å²) in [5, 5.41) is 5.92. The molecule has 0 aliphatic carbocycles. The summed E-state index contributed by atoms with van der Waals surface area (Å²) in [6, 6.07) is 12.6. The zero-order valence-electron chi connectivity index (χ0n) is 24.3. The number of ether oxygens (including phenoxy) is 1. The molecule has 224 valence electrons. The van der Waals surface area contributed by atoms with Gasteiger partial charge in [0, 0.05) is 49.2 Å². The smallest absolute Gasteiger partial charge is 0.259 e. The molecule has 2 aliphatic heterocycles. The van der Waals surface area contributed by atoms with E-state index in [9.17, 15) is 14.4 Å². The highest BCUT2D eigenvalue weighted by molar-refractivity contribution is 6.15. The molecule has 2 aliphatic rings. The molecular weight excluding hydrogens is 563 g/mol. The van der Waals surface area contributed by atoms with Crippen molar-refractivity contribution in [3.05, 3.63) is 80.5 Å². The van der Waals surface area contributed by atoms with Crippen molar-refractivity contribution in [1.82, 2.24) is 14.2 Å². The number of fused-ring (bicyclic) bond motifs is 5. The number of hydrogen-bond acceptors (Lipinski definition) is 7. The van der Waals surface area contributed by atoms with Crippen molar-refractivity contribution in [3.8, 4) is 0 Å². The van der Waals surface area contributed by atoms with Crippen LogP contribution >= 0.6 is 0 Å². The quantitative estimate of drug-likeness (QED) is 0.226. The summed E-state index contributed by atoms with van der Waals surface area (Å²) in [5.74, 6) is -1.07. The van der Waals surface area contributed by atoms with Gasteiger partial charge in [-0.2, -0.15) is 0 Å². The van der Waals surface area contributed by atoms with Gasteiger partial charge in [-0.3, -0.25) is 19.3 Å². The number of aromatic nitrogens is 1. The molecule has 1 unspecified atom stereocenters. The van der Waals surface area contributed by atoms with Gasteiger partial charge in [-0.1, -0.05) is 24.3 Å². The standard InChI is InChI=1S/C34H31FN4O5/c1-19-5-4-9-37(19)10-8-36-29-26(35)15-24-30-33(29)44-28-17-23-22(20-6-2-3-7-21(20)31(23)40)16-27(28)39(30)18-25(32(24)41)34(42)38-11-13-43-14-12-38/h2-3,6-7,15-19,36H,4-5,8-14H2,1H3. The predicted molar refractivity (Wildman–Crippen MR) is 169 cm³/mol. The predicted octanol–water partition coefficient (Wildman–Crippen LogP) is 4.81. The third-order valence-electron chi connectivity index (χ3n) is 9.39. The first-order valence-corrected chi connectivity index (χ1v) is 15.2. The third kappa shape index (κ3) is 4.08. The Kier molecular flexibility index (Phi) is 6.32. The van der Waals surface area contributed by atoms with Crippen LogP contribution in [0.25, 0.3) is 49.1 Å². The number of pyridine rings is 1. The second-order valence-electron chi connectivity index (χ2n) is 11.9. The number of halogens is 1. The molecule has 10 heteroatoms. The third-order valence-corrected chi connectivity index (χ3v) is 9.39. The van der Waals surface area contributed by atoms with E-state index in [1.54, 1.807) is 21.4 Å². The number of hydrogen-bond donors (Lipinski definition) is 1. The van der Waals surface area contributed by atoms with Crippen LogP contribution in [0.2, 0.25) is 0 Å². The first-order valence-electron chi connectivity index (χ1n) is 15.2. The van der Waals surface area contributed by atoms with Gasteiger partial charge in [0.2, 0.25) is 5.43 Å². The first-order chi connectivity index (χ1) is 21.4. The highest BCUT2D eigenvalue weighted by atomic mass is 19.1. The summed E-state index contributed by atoms with van der Waals surface area (Å²) in [5.41, 5.74) is 0.852. The Bertz CT molecular complexity index is 2240. The van der Waals surface area contributed by atoms with Crippen LogP contribution in [-0.4, -0.2) is 72.1 Å². The van der Waals surface area contributed by atoms with Crippen LogP contribution in [0, 0.1) is 5.82 Å². The molecule has 8 rings (SSSR count). The normalized spacial score (nSPS) is 18.0. The summed E-state index contributed by atoms with van der Waals surface area (Å²) in [6.07, 6.45) is 3.82. The summed E-state index contributed by atoms with van der Waals surface area (Å²) >= 11 is 0. The fraction of sp³-hybridized carbons (Fsp3) is 0.324. The molecule has 1 atom stereocenters. The molecular formula is C34H31FN4O5. The van der Waals surface area contributed by atoms with E-state index in [-0.39, 0.29) is 27.6 Å². The Morgan fingerprint density at radius 1 is 0.977 bits per heavy atom. The zero-order valence-corrected chi connectivity index (χ0v) is 24.3. The highest BCUT2D eigenvalue weighted by Gasteiger charge is 2.27. The Morgan fingerprint density at radius 2 is 1.77 bits per heavy atom. The van der Waals surface area contributed by atoms with E-state index in [0.29, 0.717) is 66.3 Å². The molecule has 6 aromatic rings. The second-order valence-corrected chi connectivity index (χ2v) is 11.9. The van der Waals surface area contributed by atoms with E-state index in [1.807, 2.05) is 24.3 Å². The molecule has 9 nitrogen and oxygen atoms in total. The van der Waals surface area contributed by atoms with Gasteiger partial charge in [0.05, 0.1) is 24.1 Å². The lowest BCUT2D eigenvalue weighted by Crippen LogP contribution is -2.42. The SMILES string of the molecule is CC1CCCN1CCNc1c(F)cc2c(=O)c(C(=O)N3CCOCC3)cn3c4cc5c(cc4oc1c23)c(=O)c1ccccc15. The number of nitrogens with zero attached hydrogens (tertiary/aromatic N) is 3. The zero-order chi connectivity index (χ0) is 30.1. The molecule has 0 saturated carbocycles. The average Bonchev–Trinajstić information content (AvgIpc) is 3.58. The van der Waals surface area contributed by atoms with E-state index in [0.717, 1.165) is 36.7 Å². The Hall–Kier alpha value is -4.54. The molecule has 0 spiro atoms. The van der Waals surface area contributed by atoms with Gasteiger partial charge in [0.1, 0.15) is 16.8 Å². The topological polar surface area (TPSA) is 96.5 Å². The lowest BCUT2D eigenvalue weighted by atomic mass is 10.1. The Morgan fingerprint density at radius 3 is 2.55 bits per heavy atom. The molecule has 1 amide bonds. The maximum atomic E-state index is 15.9. The van der Waals surface area contributed by atoms with Crippen molar-refractivity contribution in [2.75, 3.05) is 51.3 Å². The highest BCUT2D eigenvalue weighted by Crippen LogP contribution is 2.36. The first kappa shape index (κ1) is 27.0. The van der Waals surface area contributed by atoms with Gasteiger partial charge in [-0.05, 0) is 55.3 Å². The molecule has 1 N–H and O–H groups in total. The molecule has 0 bridgehead atoms. The lowest BCUT2D eigenvalue weighted by Gasteiger charge is -2.27. The number of likely N-dealkylation sites (tertiary alicyclic amines) is 1. The van der Waals surface area contributed by atoms with Crippen LogP contribution in [-0.2, 0) is 4.74 Å². The van der Waals surface area contributed by atoms with Crippen molar-refractivity contribution in [2.45, 2.75) is 25.8 Å². The minimum atomic E-state index is -0.644.